The monoisotopic (exact) mass is 488 g/mol. The molecule has 0 spiro atoms. The van der Waals surface area contributed by atoms with Gasteiger partial charge < -0.3 is 4.74 Å². The van der Waals surface area contributed by atoms with Crippen molar-refractivity contribution >= 4 is 38.2 Å². The normalized spacial score (nSPS) is 17.9. The molecule has 0 saturated heterocycles. The lowest BCUT2D eigenvalue weighted by Gasteiger charge is -2.24. The van der Waals surface area contributed by atoms with E-state index in [0.717, 1.165) is 44.5 Å². The lowest BCUT2D eigenvalue weighted by molar-refractivity contribution is 0.258. The summed E-state index contributed by atoms with van der Waals surface area (Å²) in [5.41, 5.74) is 8.53. The minimum atomic E-state index is 0.00471. The van der Waals surface area contributed by atoms with E-state index in [4.69, 9.17) is 14.7 Å². The Bertz CT molecular complexity index is 1970. The first-order valence-corrected chi connectivity index (χ1v) is 13.1. The van der Waals surface area contributed by atoms with Crippen molar-refractivity contribution in [2.75, 3.05) is 0 Å². The molecule has 3 nitrogen and oxygen atoms in total. The van der Waals surface area contributed by atoms with Gasteiger partial charge in [0.1, 0.15) is 11.9 Å². The number of aromatic nitrogens is 2. The summed E-state index contributed by atoms with van der Waals surface area (Å²) in [6, 6.07) is 34.1. The largest absolute Gasteiger partial charge is 0.484 e. The van der Waals surface area contributed by atoms with Crippen LogP contribution in [0.3, 0.4) is 0 Å². The van der Waals surface area contributed by atoms with E-state index in [1.54, 1.807) is 0 Å². The van der Waals surface area contributed by atoms with E-state index in [1.807, 2.05) is 6.07 Å². The van der Waals surface area contributed by atoms with Gasteiger partial charge in [0.25, 0.3) is 0 Å². The van der Waals surface area contributed by atoms with Crippen LogP contribution in [0.4, 0.5) is 0 Å². The van der Waals surface area contributed by atoms with Gasteiger partial charge in [0, 0.05) is 33.4 Å². The Balaban J connectivity index is 1.22. The molecule has 0 radical (unpaired) electrons. The van der Waals surface area contributed by atoms with Crippen molar-refractivity contribution in [1.29, 1.82) is 0 Å². The number of para-hydroxylation sites is 1. The quantitative estimate of drug-likeness (QED) is 0.230. The predicted octanol–water partition coefficient (Wildman–Crippen LogP) is 8.41. The van der Waals surface area contributed by atoms with Crippen molar-refractivity contribution in [2.45, 2.75) is 18.9 Å². The molecule has 1 aliphatic carbocycles. The first kappa shape index (κ1) is 21.3. The van der Waals surface area contributed by atoms with Crippen molar-refractivity contribution in [3.8, 4) is 17.0 Å². The van der Waals surface area contributed by atoms with Crippen molar-refractivity contribution in [3.63, 3.8) is 0 Å². The van der Waals surface area contributed by atoms with Gasteiger partial charge in [0.05, 0.1) is 22.4 Å². The summed E-state index contributed by atoms with van der Waals surface area (Å²) in [4.78, 5) is 10.3. The Hall–Kier alpha value is -4.76. The minimum absolute atomic E-state index is 0.00471. The van der Waals surface area contributed by atoms with Gasteiger partial charge in [0.2, 0.25) is 0 Å². The van der Waals surface area contributed by atoms with E-state index in [1.165, 1.54) is 27.5 Å². The molecule has 180 valence electrons. The number of fused-ring (bicyclic) bond motifs is 9. The number of ether oxygens (including phenoxy) is 1. The summed E-state index contributed by atoms with van der Waals surface area (Å²) in [6.07, 6.45) is 6.59. The van der Waals surface area contributed by atoms with E-state index in [2.05, 4.69) is 116 Å². The molecule has 0 bridgehead atoms. The molecule has 1 aromatic heterocycles. The highest BCUT2D eigenvalue weighted by Gasteiger charge is 2.35. The molecular weight excluding hydrogens is 464 g/mol. The smallest absolute Gasteiger partial charge is 0.135 e. The minimum Gasteiger partial charge on any atom is -0.484 e. The number of benzene rings is 5. The molecule has 2 aliphatic rings. The zero-order chi connectivity index (χ0) is 25.2. The van der Waals surface area contributed by atoms with Crippen LogP contribution in [0.25, 0.3) is 49.4 Å². The molecule has 2 atom stereocenters. The Morgan fingerprint density at radius 3 is 2.03 bits per heavy atom. The van der Waals surface area contributed by atoms with Crippen LogP contribution >= 0.6 is 0 Å². The van der Waals surface area contributed by atoms with Crippen molar-refractivity contribution in [1.82, 2.24) is 9.97 Å². The second-order valence-electron chi connectivity index (χ2n) is 10.1. The molecule has 0 N–H and O–H groups in total. The van der Waals surface area contributed by atoms with Crippen LogP contribution < -0.4 is 4.74 Å². The average molecular weight is 489 g/mol. The van der Waals surface area contributed by atoms with Crippen LogP contribution in [0.2, 0.25) is 0 Å². The van der Waals surface area contributed by atoms with Gasteiger partial charge >= 0.3 is 0 Å². The lowest BCUT2D eigenvalue weighted by atomic mass is 9.84. The standard InChI is InChI=1S/C35H24N2O/c1-21-32(37-34-29-13-5-3-10-26(29)25-9-2-4-12-28(25)33(34)36-21)23-19-17-22(18-20-23)24-14-8-15-30-27-11-6-7-16-31(27)38-35(24)30/h2-20,24,35H,1H3. The summed E-state index contributed by atoms with van der Waals surface area (Å²) in [7, 11) is 0. The molecule has 0 fully saturated rings. The summed E-state index contributed by atoms with van der Waals surface area (Å²) in [5, 5.41) is 4.70. The number of nitrogens with zero attached hydrogens (tertiary/aromatic N) is 2. The summed E-state index contributed by atoms with van der Waals surface area (Å²) in [5.74, 6) is 1.13. The van der Waals surface area contributed by atoms with Crippen LogP contribution in [0.1, 0.15) is 22.7 Å². The number of hydrogen-bond donors (Lipinski definition) is 0. The van der Waals surface area contributed by atoms with Crippen LogP contribution in [0, 0.1) is 6.92 Å². The fraction of sp³-hybridized carbons (Fsp3) is 0.0857. The number of rotatable bonds is 2. The fourth-order valence-corrected chi connectivity index (χ4v) is 6.16. The Morgan fingerprint density at radius 1 is 0.658 bits per heavy atom. The van der Waals surface area contributed by atoms with E-state index < -0.39 is 0 Å². The van der Waals surface area contributed by atoms with Crippen molar-refractivity contribution in [3.05, 3.63) is 132 Å². The van der Waals surface area contributed by atoms with Gasteiger partial charge in [-0.05, 0) is 29.3 Å². The Kier molecular flexibility index (Phi) is 4.56. The van der Waals surface area contributed by atoms with Crippen molar-refractivity contribution < 1.29 is 4.74 Å². The second-order valence-corrected chi connectivity index (χ2v) is 10.1. The third kappa shape index (κ3) is 3.08. The Morgan fingerprint density at radius 2 is 1.29 bits per heavy atom. The topological polar surface area (TPSA) is 35.0 Å². The third-order valence-electron chi connectivity index (χ3n) is 7.97. The maximum Gasteiger partial charge on any atom is 0.135 e. The zero-order valence-electron chi connectivity index (χ0n) is 20.9. The highest BCUT2D eigenvalue weighted by atomic mass is 16.5. The molecule has 8 rings (SSSR count). The number of aryl methyl sites for hydroxylation is 1. The van der Waals surface area contributed by atoms with E-state index >= 15 is 0 Å². The molecule has 38 heavy (non-hydrogen) atoms. The number of hydrogen-bond acceptors (Lipinski definition) is 3. The van der Waals surface area contributed by atoms with E-state index in [0.29, 0.717) is 0 Å². The lowest BCUT2D eigenvalue weighted by Crippen LogP contribution is -2.22. The summed E-state index contributed by atoms with van der Waals surface area (Å²) >= 11 is 0. The van der Waals surface area contributed by atoms with Crippen LogP contribution in [-0.4, -0.2) is 16.1 Å². The van der Waals surface area contributed by atoms with Gasteiger partial charge in [-0.25, -0.2) is 9.97 Å². The van der Waals surface area contributed by atoms with Crippen LogP contribution in [0.15, 0.2) is 115 Å². The zero-order valence-corrected chi connectivity index (χ0v) is 20.9. The maximum atomic E-state index is 6.39. The third-order valence-corrected chi connectivity index (χ3v) is 7.97. The average Bonchev–Trinajstić information content (AvgIpc) is 3.36. The predicted molar refractivity (Wildman–Crippen MR) is 155 cm³/mol. The summed E-state index contributed by atoms with van der Waals surface area (Å²) in [6.45, 7) is 2.06. The molecular formula is C35H24N2O. The molecule has 3 heteroatoms. The molecule has 5 aromatic carbocycles. The SMILES string of the molecule is Cc1nc2c3ccccc3c3ccccc3c2nc1-c1ccc(C2C=CC=C3c4ccccc4OC32)cc1. The summed E-state index contributed by atoms with van der Waals surface area (Å²) < 4.78 is 6.39. The maximum absolute atomic E-state index is 6.39. The van der Waals surface area contributed by atoms with Gasteiger partial charge in [-0.15, -0.1) is 0 Å². The highest BCUT2D eigenvalue weighted by molar-refractivity contribution is 6.23. The Labute approximate surface area is 220 Å². The number of allylic oxidation sites excluding steroid dienone is 2. The molecule has 2 unspecified atom stereocenters. The van der Waals surface area contributed by atoms with E-state index in [9.17, 15) is 0 Å². The molecule has 1 aliphatic heterocycles. The van der Waals surface area contributed by atoms with Gasteiger partial charge in [0.15, 0.2) is 0 Å². The fourth-order valence-electron chi connectivity index (χ4n) is 6.16. The molecule has 0 saturated carbocycles. The first-order chi connectivity index (χ1) is 18.8. The molecule has 6 aromatic rings. The second kappa shape index (κ2) is 8.12. The van der Waals surface area contributed by atoms with Crippen LogP contribution in [-0.2, 0) is 0 Å². The van der Waals surface area contributed by atoms with Crippen molar-refractivity contribution in [2.24, 2.45) is 0 Å². The van der Waals surface area contributed by atoms with Crippen LogP contribution in [0.5, 0.6) is 5.75 Å². The van der Waals surface area contributed by atoms with Gasteiger partial charge in [-0.2, -0.15) is 0 Å². The van der Waals surface area contributed by atoms with Gasteiger partial charge in [-0.1, -0.05) is 109 Å². The molecule has 2 heterocycles. The highest BCUT2D eigenvalue weighted by Crippen LogP contribution is 2.45. The van der Waals surface area contributed by atoms with E-state index in [-0.39, 0.29) is 12.0 Å². The molecule has 0 amide bonds. The first-order valence-electron chi connectivity index (χ1n) is 13.1. The van der Waals surface area contributed by atoms with Gasteiger partial charge in [-0.3, -0.25) is 0 Å².